The first-order valence-corrected chi connectivity index (χ1v) is 11.6. The number of hydrogen-bond donors (Lipinski definition) is 1. The predicted octanol–water partition coefficient (Wildman–Crippen LogP) is 2.75. The number of carbonyl (C=O) groups excluding carboxylic acids is 1. The van der Waals surface area contributed by atoms with E-state index in [1.165, 1.54) is 10.5 Å². The van der Waals surface area contributed by atoms with Crippen LogP contribution in [0.2, 0.25) is 0 Å². The van der Waals surface area contributed by atoms with Gasteiger partial charge in [-0.2, -0.15) is 0 Å². The largest absolute Gasteiger partial charge is 0.454 e. The van der Waals surface area contributed by atoms with Gasteiger partial charge in [-0.25, -0.2) is 4.98 Å². The van der Waals surface area contributed by atoms with Gasteiger partial charge in [0.1, 0.15) is 12.4 Å². The number of fused-ring (bicyclic) bond motifs is 1. The Morgan fingerprint density at radius 2 is 1.82 bits per heavy atom. The number of ketones is 1. The Hall–Kier alpha value is -3.23. The summed E-state index contributed by atoms with van der Waals surface area (Å²) in [5, 5.41) is 0. The highest BCUT2D eigenvalue weighted by atomic mass is 32.1. The average molecular weight is 464 g/mol. The number of nitrogens with one attached hydrogen (secondary N) is 1. The number of carbonyl (C=O) groups is 1. The lowest BCUT2D eigenvalue weighted by Gasteiger charge is -2.34. The van der Waals surface area contributed by atoms with Crippen molar-refractivity contribution in [2.24, 2.45) is 0 Å². The lowest BCUT2D eigenvalue weighted by Crippen LogP contribution is -3.13. The summed E-state index contributed by atoms with van der Waals surface area (Å²) in [7, 11) is 0. The Kier molecular flexibility index (Phi) is 5.86. The third kappa shape index (κ3) is 4.24. The molecule has 1 aromatic heterocycles. The molecular formula is C25H27N4O3S+. The van der Waals surface area contributed by atoms with E-state index in [0.717, 1.165) is 55.6 Å². The third-order valence-electron chi connectivity index (χ3n) is 6.34. The molecule has 0 saturated carbocycles. The molecule has 2 aliphatic heterocycles. The number of rotatable bonds is 5. The SMILES string of the molecule is CC(=O)c1c(N2CC[NH+](Cc3ccc4c(c3)OCO4)CC2)nc(=S)n(-c2ccccc2)c1C. The minimum Gasteiger partial charge on any atom is -0.454 e. The molecule has 170 valence electrons. The highest BCUT2D eigenvalue weighted by Gasteiger charge is 2.27. The van der Waals surface area contributed by atoms with Gasteiger partial charge >= 0.3 is 0 Å². The normalized spacial score (nSPS) is 15.6. The number of benzene rings is 2. The van der Waals surface area contributed by atoms with Crippen LogP contribution in [0.25, 0.3) is 5.69 Å². The van der Waals surface area contributed by atoms with Crippen LogP contribution in [0, 0.1) is 11.7 Å². The van der Waals surface area contributed by atoms with Crippen molar-refractivity contribution in [2.75, 3.05) is 37.9 Å². The van der Waals surface area contributed by atoms with E-state index in [4.69, 9.17) is 26.7 Å². The van der Waals surface area contributed by atoms with E-state index in [9.17, 15) is 4.79 Å². The van der Waals surface area contributed by atoms with Crippen LogP contribution in [0.5, 0.6) is 11.5 Å². The highest BCUT2D eigenvalue weighted by Crippen LogP contribution is 2.32. The molecule has 8 heteroatoms. The number of para-hydroxylation sites is 1. The third-order valence-corrected chi connectivity index (χ3v) is 6.62. The Labute approximate surface area is 198 Å². The van der Waals surface area contributed by atoms with Gasteiger partial charge in [0.05, 0.1) is 31.7 Å². The number of quaternary nitrogens is 1. The van der Waals surface area contributed by atoms with Gasteiger partial charge in [-0.05, 0) is 56.4 Å². The zero-order chi connectivity index (χ0) is 22.9. The van der Waals surface area contributed by atoms with Crippen LogP contribution >= 0.6 is 12.2 Å². The highest BCUT2D eigenvalue weighted by molar-refractivity contribution is 7.71. The van der Waals surface area contributed by atoms with Crippen molar-refractivity contribution in [1.29, 1.82) is 0 Å². The molecule has 0 aliphatic carbocycles. The second kappa shape index (κ2) is 8.96. The first kappa shape index (κ1) is 21.6. The van der Waals surface area contributed by atoms with Crippen molar-refractivity contribution >= 4 is 23.8 Å². The zero-order valence-corrected chi connectivity index (χ0v) is 19.7. The number of aromatic nitrogens is 2. The summed E-state index contributed by atoms with van der Waals surface area (Å²) in [6.45, 7) is 8.30. The maximum Gasteiger partial charge on any atom is 0.231 e. The molecule has 3 heterocycles. The van der Waals surface area contributed by atoms with E-state index in [-0.39, 0.29) is 5.78 Å². The van der Waals surface area contributed by atoms with E-state index < -0.39 is 0 Å². The van der Waals surface area contributed by atoms with E-state index in [2.05, 4.69) is 17.0 Å². The maximum atomic E-state index is 12.7. The molecule has 0 atom stereocenters. The Bertz CT molecular complexity index is 1250. The van der Waals surface area contributed by atoms with Crippen LogP contribution in [-0.4, -0.2) is 48.3 Å². The molecule has 33 heavy (non-hydrogen) atoms. The molecule has 0 radical (unpaired) electrons. The van der Waals surface area contributed by atoms with Crippen LogP contribution in [0.4, 0.5) is 5.82 Å². The first-order valence-electron chi connectivity index (χ1n) is 11.2. The van der Waals surface area contributed by atoms with Gasteiger partial charge in [0, 0.05) is 16.9 Å². The number of nitrogens with zero attached hydrogens (tertiary/aromatic N) is 3. The molecule has 1 N–H and O–H groups in total. The Balaban J connectivity index is 1.36. The van der Waals surface area contributed by atoms with Gasteiger partial charge in [-0.15, -0.1) is 0 Å². The molecule has 0 amide bonds. The summed E-state index contributed by atoms with van der Waals surface area (Å²) in [5.74, 6) is 2.35. The second-order valence-corrected chi connectivity index (χ2v) is 8.87. The van der Waals surface area contributed by atoms with Gasteiger partial charge in [-0.3, -0.25) is 9.36 Å². The second-order valence-electron chi connectivity index (χ2n) is 8.51. The quantitative estimate of drug-likeness (QED) is 0.464. The molecular weight excluding hydrogens is 436 g/mol. The fourth-order valence-corrected chi connectivity index (χ4v) is 5.02. The molecule has 7 nitrogen and oxygen atoms in total. The number of anilines is 1. The summed E-state index contributed by atoms with van der Waals surface area (Å²) in [4.78, 5) is 21.1. The fourth-order valence-electron chi connectivity index (χ4n) is 4.69. The van der Waals surface area contributed by atoms with Crippen molar-refractivity contribution in [1.82, 2.24) is 9.55 Å². The predicted molar refractivity (Wildman–Crippen MR) is 128 cm³/mol. The van der Waals surface area contributed by atoms with Crippen molar-refractivity contribution in [3.8, 4) is 17.2 Å². The van der Waals surface area contributed by atoms with Gasteiger partial charge in [0.2, 0.25) is 11.6 Å². The van der Waals surface area contributed by atoms with Crippen LogP contribution in [0.3, 0.4) is 0 Å². The fraction of sp³-hybridized carbons (Fsp3) is 0.320. The molecule has 5 rings (SSSR count). The Morgan fingerprint density at radius 1 is 1.09 bits per heavy atom. The molecule has 0 spiro atoms. The average Bonchev–Trinajstić information content (AvgIpc) is 3.27. The first-order chi connectivity index (χ1) is 16.0. The van der Waals surface area contributed by atoms with Crippen LogP contribution in [-0.2, 0) is 6.54 Å². The lowest BCUT2D eigenvalue weighted by molar-refractivity contribution is -0.914. The van der Waals surface area contributed by atoms with Gasteiger partial charge in [0.15, 0.2) is 17.3 Å². The topological polar surface area (TPSA) is 61.0 Å². The summed E-state index contributed by atoms with van der Waals surface area (Å²) in [6, 6.07) is 16.0. The van der Waals surface area contributed by atoms with Crippen molar-refractivity contribution < 1.29 is 19.2 Å². The number of ether oxygens (including phenoxy) is 2. The van der Waals surface area contributed by atoms with Gasteiger partial charge in [-0.1, -0.05) is 18.2 Å². The van der Waals surface area contributed by atoms with Crippen LogP contribution in [0.1, 0.15) is 28.5 Å². The van der Waals surface area contributed by atoms with E-state index in [1.807, 2.05) is 47.9 Å². The minimum absolute atomic E-state index is 0.00446. The standard InChI is InChI=1S/C25H26N4O3S/c1-17-23(18(2)30)24(26-25(33)29(17)20-6-4-3-5-7-20)28-12-10-27(11-13-28)15-19-8-9-21-22(14-19)32-16-31-21/h3-9,14H,10-13,15-16H2,1-2H3/p+1. The number of piperazine rings is 1. The number of Topliss-reactive ketones (excluding diaryl/α,β-unsaturated/α-hetero) is 1. The molecule has 0 bridgehead atoms. The van der Waals surface area contributed by atoms with Crippen molar-refractivity contribution in [3.63, 3.8) is 0 Å². The smallest absolute Gasteiger partial charge is 0.231 e. The monoisotopic (exact) mass is 463 g/mol. The molecule has 2 aromatic carbocycles. The summed E-state index contributed by atoms with van der Waals surface area (Å²) in [6.07, 6.45) is 0. The van der Waals surface area contributed by atoms with Crippen molar-refractivity contribution in [2.45, 2.75) is 20.4 Å². The minimum atomic E-state index is 0.00446. The summed E-state index contributed by atoms with van der Waals surface area (Å²) in [5.41, 5.74) is 3.63. The Morgan fingerprint density at radius 3 is 2.55 bits per heavy atom. The molecule has 1 saturated heterocycles. The zero-order valence-electron chi connectivity index (χ0n) is 18.8. The molecule has 1 fully saturated rings. The molecule has 0 unspecified atom stereocenters. The lowest BCUT2D eigenvalue weighted by atomic mass is 10.1. The molecule has 2 aliphatic rings. The van der Waals surface area contributed by atoms with E-state index >= 15 is 0 Å². The van der Waals surface area contributed by atoms with E-state index in [0.29, 0.717) is 22.9 Å². The number of hydrogen-bond acceptors (Lipinski definition) is 6. The van der Waals surface area contributed by atoms with E-state index in [1.54, 1.807) is 6.92 Å². The van der Waals surface area contributed by atoms with Crippen molar-refractivity contribution in [3.05, 3.63) is 70.1 Å². The van der Waals surface area contributed by atoms with Crippen LogP contribution < -0.4 is 19.3 Å². The maximum absolute atomic E-state index is 12.7. The molecule has 3 aromatic rings. The summed E-state index contributed by atoms with van der Waals surface area (Å²) >= 11 is 5.66. The van der Waals surface area contributed by atoms with Gasteiger partial charge in [0.25, 0.3) is 0 Å². The van der Waals surface area contributed by atoms with Gasteiger partial charge < -0.3 is 19.3 Å². The van der Waals surface area contributed by atoms with Crippen LogP contribution in [0.15, 0.2) is 48.5 Å². The summed E-state index contributed by atoms with van der Waals surface area (Å²) < 4.78 is 13.3.